The van der Waals surface area contributed by atoms with E-state index in [0.717, 1.165) is 5.56 Å². The molecule has 6 heteroatoms. The molecule has 31 heavy (non-hydrogen) atoms. The van der Waals surface area contributed by atoms with Gasteiger partial charge in [-0.3, -0.25) is 14.5 Å². The Hall–Kier alpha value is -3.64. The number of nitrogens with zero attached hydrogens (tertiary/aromatic N) is 1. The first kappa shape index (κ1) is 20.6. The van der Waals surface area contributed by atoms with Gasteiger partial charge >= 0.3 is 0 Å². The molecule has 1 aliphatic rings. The Morgan fingerprint density at radius 2 is 1.81 bits per heavy atom. The molecule has 0 saturated heterocycles. The van der Waals surface area contributed by atoms with E-state index in [-0.39, 0.29) is 12.5 Å². The second-order valence-corrected chi connectivity index (χ2v) is 7.49. The predicted molar refractivity (Wildman–Crippen MR) is 119 cm³/mol. The van der Waals surface area contributed by atoms with Crippen molar-refractivity contribution in [2.24, 2.45) is 0 Å². The molecule has 0 saturated carbocycles. The first-order chi connectivity index (χ1) is 14.9. The number of ether oxygens (including phenoxy) is 1. The zero-order valence-electron chi connectivity index (χ0n) is 17.5. The maximum atomic E-state index is 13.4. The molecule has 6 nitrogen and oxygen atoms in total. The van der Waals surface area contributed by atoms with Crippen LogP contribution in [0.1, 0.15) is 23.6 Å². The average molecular weight is 416 g/mol. The lowest BCUT2D eigenvalue weighted by molar-refractivity contribution is -0.133. The summed E-state index contributed by atoms with van der Waals surface area (Å²) in [5.74, 6) is -0.186. The number of anilines is 2. The Labute approximate surface area is 181 Å². The molecule has 1 aliphatic heterocycles. The van der Waals surface area contributed by atoms with E-state index in [2.05, 4.69) is 5.32 Å². The number of hydrogen-bond donors (Lipinski definition) is 2. The minimum Gasteiger partial charge on any atom is -0.494 e. The number of rotatable bonds is 6. The number of carbonyl (C=O) groups excluding carboxylic acids is 2. The van der Waals surface area contributed by atoms with Crippen LogP contribution in [0.15, 0.2) is 72.8 Å². The highest BCUT2D eigenvalue weighted by Gasteiger charge is 2.51. The van der Waals surface area contributed by atoms with E-state index in [4.69, 9.17) is 4.74 Å². The molecule has 0 aliphatic carbocycles. The second kappa shape index (κ2) is 8.24. The van der Waals surface area contributed by atoms with Crippen LogP contribution < -0.4 is 15.0 Å². The third-order valence-electron chi connectivity index (χ3n) is 5.33. The van der Waals surface area contributed by atoms with Crippen molar-refractivity contribution in [1.82, 2.24) is 0 Å². The van der Waals surface area contributed by atoms with Crippen LogP contribution in [-0.2, 0) is 15.2 Å². The number of para-hydroxylation sites is 1. The minimum atomic E-state index is -1.83. The lowest BCUT2D eigenvalue weighted by Crippen LogP contribution is -2.44. The summed E-state index contributed by atoms with van der Waals surface area (Å²) in [4.78, 5) is 27.4. The first-order valence-electron chi connectivity index (χ1n) is 10.2. The van der Waals surface area contributed by atoms with E-state index < -0.39 is 11.5 Å². The van der Waals surface area contributed by atoms with Crippen LogP contribution in [0, 0.1) is 6.92 Å². The molecule has 3 aromatic rings. The molecule has 0 fully saturated rings. The highest BCUT2D eigenvalue weighted by molar-refractivity contribution is 6.12. The van der Waals surface area contributed by atoms with Gasteiger partial charge in [0.05, 0.1) is 12.3 Å². The van der Waals surface area contributed by atoms with Crippen molar-refractivity contribution in [3.8, 4) is 5.75 Å². The Morgan fingerprint density at radius 3 is 2.52 bits per heavy atom. The van der Waals surface area contributed by atoms with Gasteiger partial charge in [0.2, 0.25) is 5.91 Å². The van der Waals surface area contributed by atoms with Crippen molar-refractivity contribution in [2.45, 2.75) is 19.4 Å². The molecule has 2 N–H and O–H groups in total. The normalized spacial score (nSPS) is 17.4. The van der Waals surface area contributed by atoms with Gasteiger partial charge in [0.15, 0.2) is 5.60 Å². The highest BCUT2D eigenvalue weighted by Crippen LogP contribution is 2.44. The lowest BCUT2D eigenvalue weighted by atomic mass is 9.87. The van der Waals surface area contributed by atoms with Crippen LogP contribution in [0.5, 0.6) is 5.75 Å². The summed E-state index contributed by atoms with van der Waals surface area (Å²) in [6.45, 7) is 4.15. The molecule has 0 spiro atoms. The van der Waals surface area contributed by atoms with Crippen LogP contribution in [0.2, 0.25) is 0 Å². The van der Waals surface area contributed by atoms with E-state index >= 15 is 0 Å². The number of fused-ring (bicyclic) bond motifs is 1. The SMILES string of the molecule is CCOc1ccc(NC(=O)CN2C(=O)[C@](O)(c3cccc(C)c3)c3ccccc32)cc1. The van der Waals surface area contributed by atoms with Gasteiger partial charge in [0.25, 0.3) is 5.91 Å². The number of aryl methyl sites for hydroxylation is 1. The summed E-state index contributed by atoms with van der Waals surface area (Å²) in [6, 6.07) is 21.3. The van der Waals surface area contributed by atoms with Crippen molar-refractivity contribution < 1.29 is 19.4 Å². The summed E-state index contributed by atoms with van der Waals surface area (Å²) in [7, 11) is 0. The molecular formula is C25H24N2O4. The molecule has 2 amide bonds. The maximum Gasteiger partial charge on any atom is 0.268 e. The first-order valence-corrected chi connectivity index (χ1v) is 10.2. The van der Waals surface area contributed by atoms with Crippen molar-refractivity contribution >= 4 is 23.2 Å². The largest absolute Gasteiger partial charge is 0.494 e. The van der Waals surface area contributed by atoms with E-state index in [1.807, 2.05) is 19.9 Å². The third-order valence-corrected chi connectivity index (χ3v) is 5.33. The van der Waals surface area contributed by atoms with Gasteiger partial charge in [0.1, 0.15) is 12.3 Å². The molecule has 0 unspecified atom stereocenters. The van der Waals surface area contributed by atoms with E-state index in [0.29, 0.717) is 34.9 Å². The smallest absolute Gasteiger partial charge is 0.268 e. The van der Waals surface area contributed by atoms with Crippen molar-refractivity contribution in [1.29, 1.82) is 0 Å². The van der Waals surface area contributed by atoms with Crippen molar-refractivity contribution in [3.05, 3.63) is 89.5 Å². The van der Waals surface area contributed by atoms with E-state index in [1.54, 1.807) is 66.7 Å². The van der Waals surface area contributed by atoms with Gasteiger partial charge in [-0.2, -0.15) is 0 Å². The second-order valence-electron chi connectivity index (χ2n) is 7.49. The van der Waals surface area contributed by atoms with Gasteiger partial charge in [-0.05, 0) is 49.7 Å². The predicted octanol–water partition coefficient (Wildman–Crippen LogP) is 3.61. The molecule has 0 aromatic heterocycles. The Morgan fingerprint density at radius 1 is 1.06 bits per heavy atom. The summed E-state index contributed by atoms with van der Waals surface area (Å²) >= 11 is 0. The number of amides is 2. The van der Waals surface area contributed by atoms with Gasteiger partial charge in [-0.1, -0.05) is 48.0 Å². The number of nitrogens with one attached hydrogen (secondary N) is 1. The Kier molecular flexibility index (Phi) is 5.48. The van der Waals surface area contributed by atoms with Crippen LogP contribution in [0.4, 0.5) is 11.4 Å². The fourth-order valence-corrected chi connectivity index (χ4v) is 3.89. The third kappa shape index (κ3) is 3.78. The number of hydrogen-bond acceptors (Lipinski definition) is 4. The van der Waals surface area contributed by atoms with Gasteiger partial charge in [-0.15, -0.1) is 0 Å². The molecule has 158 valence electrons. The lowest BCUT2D eigenvalue weighted by Gasteiger charge is -2.24. The van der Waals surface area contributed by atoms with Crippen LogP contribution in [0.3, 0.4) is 0 Å². The van der Waals surface area contributed by atoms with E-state index in [1.165, 1.54) is 4.90 Å². The molecule has 3 aromatic carbocycles. The van der Waals surface area contributed by atoms with Crippen molar-refractivity contribution in [3.63, 3.8) is 0 Å². The average Bonchev–Trinajstić information content (AvgIpc) is 2.98. The molecule has 1 atom stereocenters. The fraction of sp³-hybridized carbons (Fsp3) is 0.200. The number of benzene rings is 3. The molecule has 1 heterocycles. The van der Waals surface area contributed by atoms with E-state index in [9.17, 15) is 14.7 Å². The zero-order valence-corrected chi connectivity index (χ0v) is 17.5. The van der Waals surface area contributed by atoms with Gasteiger partial charge < -0.3 is 15.2 Å². The Balaban J connectivity index is 1.59. The van der Waals surface area contributed by atoms with Gasteiger partial charge in [0, 0.05) is 11.3 Å². The number of aliphatic hydroxyl groups is 1. The van der Waals surface area contributed by atoms with Gasteiger partial charge in [-0.25, -0.2) is 0 Å². The maximum absolute atomic E-state index is 13.4. The quantitative estimate of drug-likeness (QED) is 0.643. The topological polar surface area (TPSA) is 78.9 Å². The van der Waals surface area contributed by atoms with Crippen LogP contribution >= 0.6 is 0 Å². The van der Waals surface area contributed by atoms with Crippen molar-refractivity contribution in [2.75, 3.05) is 23.4 Å². The minimum absolute atomic E-state index is 0.211. The van der Waals surface area contributed by atoms with Crippen LogP contribution in [-0.4, -0.2) is 30.1 Å². The fourth-order valence-electron chi connectivity index (χ4n) is 3.89. The summed E-state index contributed by atoms with van der Waals surface area (Å²) in [5, 5.41) is 14.3. The summed E-state index contributed by atoms with van der Waals surface area (Å²) in [5.41, 5.74) is 1.18. The standard InChI is InChI=1S/C25H24N2O4/c1-3-31-20-13-11-19(12-14-20)26-23(28)16-27-22-10-5-4-9-21(22)25(30,24(27)29)18-8-6-7-17(2)15-18/h4-15,30H,3,16H2,1-2H3,(H,26,28)/t25-/m0/s1. The molecule has 0 radical (unpaired) electrons. The van der Waals surface area contributed by atoms with Crippen LogP contribution in [0.25, 0.3) is 0 Å². The summed E-state index contributed by atoms with van der Waals surface area (Å²) < 4.78 is 5.41. The summed E-state index contributed by atoms with van der Waals surface area (Å²) in [6.07, 6.45) is 0. The molecule has 4 rings (SSSR count). The highest BCUT2D eigenvalue weighted by atomic mass is 16.5. The Bertz CT molecular complexity index is 1130. The number of carbonyl (C=O) groups is 2. The zero-order chi connectivity index (χ0) is 22.0. The molecular weight excluding hydrogens is 392 g/mol. The monoisotopic (exact) mass is 416 g/mol. The molecule has 0 bridgehead atoms.